The molecule has 2 aliphatic heterocycles. The number of carboxylic acid groups (broad SMARTS) is 1. The first-order valence-corrected chi connectivity index (χ1v) is 7.63. The van der Waals surface area contributed by atoms with Gasteiger partial charge in [0.1, 0.15) is 17.2 Å². The number of hydrogen-bond acceptors (Lipinski definition) is 6. The smallest absolute Gasteiger partial charge is 0.410 e. The van der Waals surface area contributed by atoms with Crippen molar-refractivity contribution in [2.45, 2.75) is 50.8 Å². The van der Waals surface area contributed by atoms with E-state index in [1.165, 1.54) is 4.90 Å². The highest BCUT2D eigenvalue weighted by Gasteiger charge is 2.57. The van der Waals surface area contributed by atoms with Gasteiger partial charge in [-0.25, -0.2) is 4.79 Å². The summed E-state index contributed by atoms with van der Waals surface area (Å²) in [5.74, 6) is -0.971. The molecule has 0 bridgehead atoms. The lowest BCUT2D eigenvalue weighted by Crippen LogP contribution is -2.75. The largest absolute Gasteiger partial charge is 0.480 e. The van der Waals surface area contributed by atoms with Gasteiger partial charge >= 0.3 is 12.1 Å². The van der Waals surface area contributed by atoms with Crippen LogP contribution in [0.25, 0.3) is 0 Å². The number of ether oxygens (including phenoxy) is 1. The molecule has 0 aromatic heterocycles. The molecular weight excluding hydrogens is 306 g/mol. The number of carbonyl (C=O) groups excluding carboxylic acids is 1. The molecule has 9 nitrogen and oxygen atoms in total. The van der Waals surface area contributed by atoms with E-state index in [1.807, 2.05) is 0 Å². The van der Waals surface area contributed by atoms with E-state index in [2.05, 4.69) is 0 Å². The third kappa shape index (κ3) is 3.72. The lowest BCUT2D eigenvalue weighted by Gasteiger charge is -2.53. The van der Waals surface area contributed by atoms with Gasteiger partial charge in [-0.05, 0) is 33.6 Å². The quantitative estimate of drug-likeness (QED) is 0.599. The number of amides is 1. The third-order valence-electron chi connectivity index (χ3n) is 4.19. The van der Waals surface area contributed by atoms with Crippen LogP contribution in [0.15, 0.2) is 0 Å². The van der Waals surface area contributed by atoms with Gasteiger partial charge in [0.05, 0.1) is 13.1 Å². The average molecular weight is 329 g/mol. The number of carbonyl (C=O) groups is 2. The normalized spacial score (nSPS) is 24.1. The van der Waals surface area contributed by atoms with Gasteiger partial charge in [0, 0.05) is 11.5 Å². The monoisotopic (exact) mass is 329 g/mol. The fourth-order valence-electron chi connectivity index (χ4n) is 3.32. The van der Waals surface area contributed by atoms with Gasteiger partial charge in [0.25, 0.3) is 0 Å². The summed E-state index contributed by atoms with van der Waals surface area (Å²) in [7, 11) is 0. The van der Waals surface area contributed by atoms with Gasteiger partial charge < -0.3 is 14.7 Å². The molecule has 0 spiro atoms. The van der Waals surface area contributed by atoms with Crippen LogP contribution in [0.1, 0.15) is 33.6 Å². The summed E-state index contributed by atoms with van der Waals surface area (Å²) in [5.41, 5.74) is -1.56. The van der Waals surface area contributed by atoms with E-state index in [0.29, 0.717) is 19.4 Å². The fourth-order valence-corrected chi connectivity index (χ4v) is 3.32. The van der Waals surface area contributed by atoms with Crippen LogP contribution >= 0.6 is 0 Å². The molecule has 1 amide bonds. The average Bonchev–Trinajstić information content (AvgIpc) is 2.79. The van der Waals surface area contributed by atoms with E-state index in [4.69, 9.17) is 4.74 Å². The molecule has 130 valence electrons. The Morgan fingerprint density at radius 2 is 2.00 bits per heavy atom. The third-order valence-corrected chi connectivity index (χ3v) is 4.19. The molecule has 0 radical (unpaired) electrons. The number of nitrogens with zero attached hydrogens (tertiary/aromatic N) is 3. The molecule has 0 aliphatic carbocycles. The first-order valence-electron chi connectivity index (χ1n) is 7.63. The first kappa shape index (κ1) is 17.5. The van der Waals surface area contributed by atoms with E-state index in [9.17, 15) is 24.8 Å². The van der Waals surface area contributed by atoms with Crippen LogP contribution in [0.4, 0.5) is 4.79 Å². The molecule has 0 aromatic carbocycles. The topological polar surface area (TPSA) is 113 Å². The van der Waals surface area contributed by atoms with E-state index < -0.39 is 34.2 Å². The summed E-state index contributed by atoms with van der Waals surface area (Å²) in [4.78, 5) is 37.1. The van der Waals surface area contributed by atoms with E-state index in [0.717, 1.165) is 0 Å². The second kappa shape index (κ2) is 5.95. The zero-order valence-corrected chi connectivity index (χ0v) is 13.7. The molecule has 1 N–H and O–H groups in total. The number of likely N-dealkylation sites (tertiary alicyclic amines) is 2. The molecule has 2 saturated heterocycles. The van der Waals surface area contributed by atoms with E-state index in [1.54, 1.807) is 25.7 Å². The standard InChI is InChI=1S/C14H23N3O6/c1-13(2,3)23-12(20)15-7-14(8-15,9-17(21)22)16-6-4-5-10(16)11(18)19/h10H,4-9H2,1-3H3,(H,18,19)/t10-/m1/s1. The molecule has 9 heteroatoms. The van der Waals surface area contributed by atoms with Crippen molar-refractivity contribution in [2.24, 2.45) is 0 Å². The van der Waals surface area contributed by atoms with Crippen LogP contribution < -0.4 is 0 Å². The number of rotatable bonds is 4. The summed E-state index contributed by atoms with van der Waals surface area (Å²) in [6.07, 6.45) is 0.631. The lowest BCUT2D eigenvalue weighted by atomic mass is 9.87. The maximum atomic E-state index is 12.0. The summed E-state index contributed by atoms with van der Waals surface area (Å²) < 4.78 is 5.26. The van der Waals surface area contributed by atoms with Crippen molar-refractivity contribution in [3.05, 3.63) is 10.1 Å². The first-order chi connectivity index (χ1) is 10.5. The molecule has 1 atom stereocenters. The molecule has 0 aromatic rings. The number of nitro groups is 1. The Balaban J connectivity index is 2.10. The molecule has 0 saturated carbocycles. The highest BCUT2D eigenvalue weighted by molar-refractivity contribution is 5.74. The number of carboxylic acids is 1. The zero-order chi connectivity index (χ0) is 17.4. The fraction of sp³-hybridized carbons (Fsp3) is 0.857. The Hall–Kier alpha value is -1.90. The Labute approximate surface area is 134 Å². The maximum absolute atomic E-state index is 12.0. The van der Waals surface area contributed by atoms with Gasteiger partial charge in [0.2, 0.25) is 6.54 Å². The van der Waals surface area contributed by atoms with Crippen LogP contribution in [-0.2, 0) is 9.53 Å². The van der Waals surface area contributed by atoms with Crippen molar-refractivity contribution >= 4 is 12.1 Å². The minimum absolute atomic E-state index is 0.118. The zero-order valence-electron chi connectivity index (χ0n) is 13.7. The second-order valence-electron chi connectivity index (χ2n) is 7.24. The van der Waals surface area contributed by atoms with Crippen LogP contribution in [0, 0.1) is 10.1 Å². The Morgan fingerprint density at radius 1 is 1.39 bits per heavy atom. The molecule has 2 heterocycles. The molecule has 2 aliphatic rings. The van der Waals surface area contributed by atoms with Gasteiger partial charge in [-0.2, -0.15) is 0 Å². The van der Waals surface area contributed by atoms with Crippen LogP contribution in [0.2, 0.25) is 0 Å². The van der Waals surface area contributed by atoms with Gasteiger partial charge in [-0.3, -0.25) is 19.8 Å². The highest BCUT2D eigenvalue weighted by Crippen LogP contribution is 2.35. The maximum Gasteiger partial charge on any atom is 0.410 e. The van der Waals surface area contributed by atoms with Gasteiger partial charge in [-0.15, -0.1) is 0 Å². The molecule has 0 unspecified atom stereocenters. The van der Waals surface area contributed by atoms with Crippen LogP contribution in [0.3, 0.4) is 0 Å². The summed E-state index contributed by atoms with van der Waals surface area (Å²) in [5, 5.41) is 20.4. The predicted molar refractivity (Wildman–Crippen MR) is 79.8 cm³/mol. The SMILES string of the molecule is CC(C)(C)OC(=O)N1CC(C[N+](=O)[O-])(N2CCC[C@@H]2C(=O)O)C1. The predicted octanol–water partition coefficient (Wildman–Crippen LogP) is 0.802. The summed E-state index contributed by atoms with van der Waals surface area (Å²) in [6.45, 7) is 5.59. The van der Waals surface area contributed by atoms with Crippen LogP contribution in [0.5, 0.6) is 0 Å². The lowest BCUT2D eigenvalue weighted by molar-refractivity contribution is -0.500. The molecular formula is C14H23N3O6. The summed E-state index contributed by atoms with van der Waals surface area (Å²) in [6, 6.07) is -0.726. The number of hydrogen-bond donors (Lipinski definition) is 1. The second-order valence-corrected chi connectivity index (χ2v) is 7.24. The van der Waals surface area contributed by atoms with E-state index in [-0.39, 0.29) is 19.6 Å². The number of aliphatic carboxylic acids is 1. The molecule has 2 fully saturated rings. The van der Waals surface area contributed by atoms with Gasteiger partial charge in [0.15, 0.2) is 0 Å². The van der Waals surface area contributed by atoms with Crippen molar-refractivity contribution in [3.8, 4) is 0 Å². The Bertz CT molecular complexity index is 509. The minimum Gasteiger partial charge on any atom is -0.480 e. The highest BCUT2D eigenvalue weighted by atomic mass is 16.6. The summed E-state index contributed by atoms with van der Waals surface area (Å²) >= 11 is 0. The van der Waals surface area contributed by atoms with E-state index >= 15 is 0 Å². The van der Waals surface area contributed by atoms with Crippen molar-refractivity contribution < 1.29 is 24.4 Å². The Morgan fingerprint density at radius 3 is 2.48 bits per heavy atom. The van der Waals surface area contributed by atoms with Crippen molar-refractivity contribution in [1.82, 2.24) is 9.80 Å². The molecule has 2 rings (SSSR count). The van der Waals surface area contributed by atoms with Gasteiger partial charge in [-0.1, -0.05) is 0 Å². The van der Waals surface area contributed by atoms with Crippen molar-refractivity contribution in [1.29, 1.82) is 0 Å². The van der Waals surface area contributed by atoms with Crippen molar-refractivity contribution in [3.63, 3.8) is 0 Å². The van der Waals surface area contributed by atoms with Crippen molar-refractivity contribution in [2.75, 3.05) is 26.2 Å². The minimum atomic E-state index is -0.971. The van der Waals surface area contributed by atoms with Crippen LogP contribution in [-0.4, -0.2) is 75.3 Å². The Kier molecular flexibility index (Phi) is 4.52. The molecule has 23 heavy (non-hydrogen) atoms.